The first kappa shape index (κ1) is 61.6. The number of ether oxygens (including phenoxy) is 5. The quantitative estimate of drug-likeness (QED) is 0.0368. The second-order valence-electron chi connectivity index (χ2n) is 19.6. The topological polar surface area (TPSA) is 63.2 Å². The van der Waals surface area contributed by atoms with Crippen LogP contribution in [0.5, 0.6) is 23.0 Å². The molecule has 0 unspecified atom stereocenters. The van der Waals surface area contributed by atoms with E-state index in [0.717, 1.165) is 63.4 Å². The molecule has 0 fully saturated rings. The molecule has 0 amide bonds. The average Bonchev–Trinajstić information content (AvgIpc) is 3.32. The molecule has 1 aromatic carbocycles. The summed E-state index contributed by atoms with van der Waals surface area (Å²) < 4.78 is 32.5. The largest absolute Gasteiger partial charge is 0.490 e. The third-order valence-corrected chi connectivity index (χ3v) is 13.0. The highest BCUT2D eigenvalue weighted by atomic mass is 16.6. The minimum Gasteiger partial charge on any atom is -0.490 e. The van der Waals surface area contributed by atoms with E-state index in [-0.39, 0.29) is 5.97 Å². The van der Waals surface area contributed by atoms with Gasteiger partial charge in [0, 0.05) is 11.6 Å². The van der Waals surface area contributed by atoms with Crippen LogP contribution < -0.4 is 18.9 Å². The van der Waals surface area contributed by atoms with Crippen LogP contribution in [0.4, 0.5) is 0 Å². The molecule has 0 saturated heterocycles. The molecule has 0 saturated carbocycles. The number of unbranched alkanes of at least 4 members (excludes halogenated alkanes) is 36. The monoisotopic (exact) mass is 927 g/mol. The Morgan fingerprint density at radius 2 is 0.621 bits per heavy atom. The number of hydrogen-bond acceptors (Lipinski definition) is 6. The van der Waals surface area contributed by atoms with E-state index in [4.69, 9.17) is 23.7 Å². The molecule has 66 heavy (non-hydrogen) atoms. The van der Waals surface area contributed by atoms with E-state index >= 15 is 0 Å². The van der Waals surface area contributed by atoms with Gasteiger partial charge in [-0.25, -0.2) is 4.79 Å². The molecular weight excluding hydrogens is 817 g/mol. The minimum absolute atomic E-state index is 0.348. The highest BCUT2D eigenvalue weighted by molar-refractivity contribution is 5.88. The van der Waals surface area contributed by atoms with Crippen molar-refractivity contribution in [2.75, 3.05) is 33.0 Å². The van der Waals surface area contributed by atoms with E-state index in [1.165, 1.54) is 212 Å². The summed E-state index contributed by atoms with van der Waals surface area (Å²) in [5.74, 6) is 2.28. The Kier molecular flexibility index (Phi) is 45.8. The van der Waals surface area contributed by atoms with Crippen LogP contribution in [0.1, 0.15) is 303 Å². The lowest BCUT2D eigenvalue weighted by Crippen LogP contribution is -2.10. The van der Waals surface area contributed by atoms with Crippen molar-refractivity contribution in [2.45, 2.75) is 298 Å². The number of carbonyl (C=O) groups is 1. The third-order valence-electron chi connectivity index (χ3n) is 13.0. The molecule has 6 nitrogen and oxygen atoms in total. The summed E-state index contributed by atoms with van der Waals surface area (Å²) in [4.78, 5) is 12.8. The van der Waals surface area contributed by atoms with Gasteiger partial charge in [-0.15, -0.1) is 0 Å². The first-order valence-corrected chi connectivity index (χ1v) is 29.2. The summed E-state index contributed by atoms with van der Waals surface area (Å²) >= 11 is 0. The Labute approximate surface area is 410 Å². The molecule has 0 atom stereocenters. The zero-order chi connectivity index (χ0) is 47.6. The Hall–Kier alpha value is -2.37. The smallest absolute Gasteiger partial charge is 0.330 e. The fourth-order valence-electron chi connectivity index (χ4n) is 8.74. The Balaban J connectivity index is 3.27. The molecule has 0 N–H and O–H groups in total. The van der Waals surface area contributed by atoms with Crippen molar-refractivity contribution in [3.63, 3.8) is 0 Å². The molecule has 0 aliphatic carbocycles. The molecule has 0 bridgehead atoms. The zero-order valence-corrected chi connectivity index (χ0v) is 44.7. The van der Waals surface area contributed by atoms with Crippen molar-refractivity contribution in [1.29, 1.82) is 0 Å². The van der Waals surface area contributed by atoms with Crippen LogP contribution in [0.25, 0.3) is 6.08 Å². The van der Waals surface area contributed by atoms with E-state index in [2.05, 4.69) is 27.7 Å². The van der Waals surface area contributed by atoms with Gasteiger partial charge in [-0.05, 0) is 44.2 Å². The van der Waals surface area contributed by atoms with Gasteiger partial charge in [0.1, 0.15) is 0 Å². The Morgan fingerprint density at radius 3 is 0.955 bits per heavy atom. The third kappa shape index (κ3) is 36.6. The molecule has 0 aliphatic heterocycles. The molecule has 1 rings (SSSR count). The standard InChI is InChI=1S/C60H110O6/c1-6-11-15-19-23-27-31-35-39-43-50-62-56-54-55(47-48-57(61)63-49-10-5)58(64-51-44-40-36-32-28-24-20-16-12-7-2)60(66-53-46-42-38-34-30-26-22-18-14-9-4)59(56)65-52-45-41-37-33-29-25-21-17-13-8-3/h47-48,54H,6-46,49-53H2,1-5H3. The molecule has 0 aliphatic rings. The highest BCUT2D eigenvalue weighted by Crippen LogP contribution is 2.48. The molecule has 386 valence electrons. The van der Waals surface area contributed by atoms with Gasteiger partial charge in [0.2, 0.25) is 11.5 Å². The van der Waals surface area contributed by atoms with Gasteiger partial charge >= 0.3 is 5.97 Å². The lowest BCUT2D eigenvalue weighted by molar-refractivity contribution is -0.137. The van der Waals surface area contributed by atoms with Crippen LogP contribution >= 0.6 is 0 Å². The maximum Gasteiger partial charge on any atom is 0.330 e. The maximum atomic E-state index is 12.8. The summed E-state index contributed by atoms with van der Waals surface area (Å²) in [5, 5.41) is 0. The van der Waals surface area contributed by atoms with E-state index in [9.17, 15) is 4.79 Å². The van der Waals surface area contributed by atoms with Gasteiger partial charge in [-0.2, -0.15) is 0 Å². The van der Waals surface area contributed by atoms with Gasteiger partial charge in [-0.1, -0.05) is 266 Å². The van der Waals surface area contributed by atoms with Crippen molar-refractivity contribution >= 4 is 12.0 Å². The van der Waals surface area contributed by atoms with Gasteiger partial charge in [0.15, 0.2) is 11.5 Å². The summed E-state index contributed by atoms with van der Waals surface area (Å²) in [6, 6.07) is 2.02. The molecule has 0 spiro atoms. The minimum atomic E-state index is -0.348. The van der Waals surface area contributed by atoms with Crippen LogP contribution in [-0.4, -0.2) is 39.0 Å². The van der Waals surface area contributed by atoms with Crippen molar-refractivity contribution < 1.29 is 28.5 Å². The summed E-state index contributed by atoms with van der Waals surface area (Å²) in [6.07, 6.45) is 55.1. The summed E-state index contributed by atoms with van der Waals surface area (Å²) in [5.41, 5.74) is 0.776. The first-order valence-electron chi connectivity index (χ1n) is 29.2. The van der Waals surface area contributed by atoms with Gasteiger partial charge in [0.25, 0.3) is 0 Å². The average molecular weight is 928 g/mol. The van der Waals surface area contributed by atoms with Crippen LogP contribution in [0.15, 0.2) is 12.1 Å². The summed E-state index contributed by atoms with van der Waals surface area (Å²) in [7, 11) is 0. The first-order chi connectivity index (χ1) is 32.6. The second-order valence-corrected chi connectivity index (χ2v) is 19.6. The molecule has 0 aromatic heterocycles. The van der Waals surface area contributed by atoms with E-state index in [1.807, 2.05) is 19.1 Å². The summed E-state index contributed by atoms with van der Waals surface area (Å²) in [6.45, 7) is 14.0. The highest BCUT2D eigenvalue weighted by Gasteiger charge is 2.24. The maximum absolute atomic E-state index is 12.8. The van der Waals surface area contributed by atoms with Crippen LogP contribution in [-0.2, 0) is 9.53 Å². The van der Waals surface area contributed by atoms with E-state index < -0.39 is 0 Å². The number of carbonyl (C=O) groups excluding carboxylic acids is 1. The molecule has 0 heterocycles. The second kappa shape index (κ2) is 49.1. The van der Waals surface area contributed by atoms with Crippen molar-refractivity contribution in [3.8, 4) is 23.0 Å². The number of esters is 1. The molecular formula is C60H110O6. The van der Waals surface area contributed by atoms with Gasteiger partial charge in [-0.3, -0.25) is 0 Å². The van der Waals surface area contributed by atoms with Gasteiger partial charge in [0.05, 0.1) is 33.0 Å². The lowest BCUT2D eigenvalue weighted by atomic mass is 10.1. The van der Waals surface area contributed by atoms with E-state index in [0.29, 0.717) is 56.0 Å². The molecule has 1 aromatic rings. The number of benzene rings is 1. The van der Waals surface area contributed by atoms with Crippen molar-refractivity contribution in [1.82, 2.24) is 0 Å². The zero-order valence-electron chi connectivity index (χ0n) is 44.7. The van der Waals surface area contributed by atoms with Crippen molar-refractivity contribution in [2.24, 2.45) is 0 Å². The lowest BCUT2D eigenvalue weighted by Gasteiger charge is -2.22. The number of rotatable bonds is 52. The number of hydrogen-bond donors (Lipinski definition) is 0. The fourth-order valence-corrected chi connectivity index (χ4v) is 8.74. The molecule has 0 radical (unpaired) electrons. The van der Waals surface area contributed by atoms with E-state index in [1.54, 1.807) is 0 Å². The van der Waals surface area contributed by atoms with Crippen LogP contribution in [0.3, 0.4) is 0 Å². The SMILES string of the molecule is CCCCCCCCCCCCOc1cc(C=CC(=O)OCCC)c(OCCCCCCCCCCCC)c(OCCCCCCCCCCCC)c1OCCCCCCCCCCCC. The van der Waals surface area contributed by atoms with Gasteiger partial charge < -0.3 is 23.7 Å². The Bertz CT molecular complexity index is 1210. The fraction of sp³-hybridized carbons (Fsp3) is 0.850. The predicted octanol–water partition coefficient (Wildman–Crippen LogP) is 19.9. The molecule has 6 heteroatoms. The Morgan fingerprint density at radius 1 is 0.333 bits per heavy atom. The normalized spacial score (nSPS) is 11.5. The predicted molar refractivity (Wildman–Crippen MR) is 286 cm³/mol. The van der Waals surface area contributed by atoms with Crippen LogP contribution in [0.2, 0.25) is 0 Å². The van der Waals surface area contributed by atoms with Crippen molar-refractivity contribution in [3.05, 3.63) is 17.7 Å². The van der Waals surface area contributed by atoms with Crippen LogP contribution in [0, 0.1) is 0 Å².